The number of likely N-dealkylation sites (tertiary alicyclic amines) is 1. The van der Waals surface area contributed by atoms with E-state index in [4.69, 9.17) is 14.2 Å². The number of fused-ring (bicyclic) bond motifs is 2. The molecule has 5 rings (SSSR count). The lowest BCUT2D eigenvalue weighted by atomic mass is 10.0. The highest BCUT2D eigenvalue weighted by atomic mass is 16.6. The first-order valence-corrected chi connectivity index (χ1v) is 10.5. The number of ether oxygens (including phenoxy) is 3. The maximum Gasteiger partial charge on any atom is 0.340 e. The molecule has 0 radical (unpaired) electrons. The van der Waals surface area contributed by atoms with Gasteiger partial charge < -0.3 is 23.7 Å². The van der Waals surface area contributed by atoms with Crippen molar-refractivity contribution in [2.75, 3.05) is 26.9 Å². The van der Waals surface area contributed by atoms with Crippen molar-refractivity contribution in [2.45, 2.75) is 25.4 Å². The Hall–Kier alpha value is -3.48. The van der Waals surface area contributed by atoms with Gasteiger partial charge in [0.15, 0.2) is 11.5 Å². The van der Waals surface area contributed by atoms with Crippen LogP contribution in [0.4, 0.5) is 0 Å². The normalized spacial score (nSPS) is 17.7. The largest absolute Gasteiger partial charge is 0.486 e. The second-order valence-corrected chi connectivity index (χ2v) is 7.83. The molecule has 2 aliphatic heterocycles. The number of para-hydroxylation sites is 1. The van der Waals surface area contributed by atoms with Crippen LogP contribution in [0.2, 0.25) is 0 Å². The topological polar surface area (TPSA) is 70.0 Å². The van der Waals surface area contributed by atoms with E-state index in [1.807, 2.05) is 51.9 Å². The molecule has 2 aromatic carbocycles. The molecule has 3 aromatic rings. The first kappa shape index (κ1) is 19.5. The molecule has 0 saturated carbocycles. The van der Waals surface area contributed by atoms with E-state index in [-0.39, 0.29) is 18.5 Å². The molecule has 1 fully saturated rings. The van der Waals surface area contributed by atoms with Gasteiger partial charge in [-0.2, -0.15) is 0 Å². The van der Waals surface area contributed by atoms with Gasteiger partial charge in [-0.15, -0.1) is 0 Å². The van der Waals surface area contributed by atoms with E-state index in [1.165, 1.54) is 7.11 Å². The Labute approximate surface area is 180 Å². The van der Waals surface area contributed by atoms with Gasteiger partial charge in [-0.05, 0) is 36.6 Å². The Morgan fingerprint density at radius 2 is 1.90 bits per heavy atom. The zero-order valence-electron chi connectivity index (χ0n) is 17.4. The Bertz CT molecular complexity index is 1150. The minimum Gasteiger partial charge on any atom is -0.486 e. The predicted molar refractivity (Wildman–Crippen MR) is 114 cm³/mol. The summed E-state index contributed by atoms with van der Waals surface area (Å²) >= 11 is 0. The van der Waals surface area contributed by atoms with E-state index < -0.39 is 5.97 Å². The number of benzene rings is 2. The average molecular weight is 420 g/mol. The van der Waals surface area contributed by atoms with Crippen LogP contribution in [-0.4, -0.2) is 48.2 Å². The third-order valence-electron chi connectivity index (χ3n) is 6.02. The fourth-order valence-corrected chi connectivity index (χ4v) is 4.57. The fourth-order valence-electron chi connectivity index (χ4n) is 4.57. The summed E-state index contributed by atoms with van der Waals surface area (Å²) in [7, 11) is 1.36. The van der Waals surface area contributed by atoms with E-state index in [1.54, 1.807) is 6.20 Å². The Balaban J connectivity index is 1.41. The number of hydrogen-bond acceptors (Lipinski definition) is 5. The lowest BCUT2D eigenvalue weighted by molar-refractivity contribution is -0.132. The van der Waals surface area contributed by atoms with Crippen molar-refractivity contribution >= 4 is 22.8 Å². The Morgan fingerprint density at radius 3 is 2.74 bits per heavy atom. The van der Waals surface area contributed by atoms with Crippen molar-refractivity contribution in [3.05, 3.63) is 59.8 Å². The number of hydrogen-bond donors (Lipinski definition) is 0. The summed E-state index contributed by atoms with van der Waals surface area (Å²) < 4.78 is 18.1. The van der Waals surface area contributed by atoms with Crippen LogP contribution in [0.3, 0.4) is 0 Å². The molecule has 0 spiro atoms. The molecular weight excluding hydrogens is 396 g/mol. The second-order valence-electron chi connectivity index (χ2n) is 7.83. The molecule has 0 bridgehead atoms. The maximum atomic E-state index is 13.3. The molecule has 2 aliphatic rings. The lowest BCUT2D eigenvalue weighted by Gasteiger charge is -2.27. The molecule has 1 atom stereocenters. The van der Waals surface area contributed by atoms with E-state index in [9.17, 15) is 9.59 Å². The van der Waals surface area contributed by atoms with E-state index >= 15 is 0 Å². The third-order valence-corrected chi connectivity index (χ3v) is 6.02. The molecular formula is C24H24N2O5. The highest BCUT2D eigenvalue weighted by Crippen LogP contribution is 2.38. The number of carbonyl (C=O) groups excluding carboxylic acids is 2. The van der Waals surface area contributed by atoms with Crippen molar-refractivity contribution < 1.29 is 23.8 Å². The molecule has 0 N–H and O–H groups in total. The molecule has 7 heteroatoms. The Morgan fingerprint density at radius 1 is 1.10 bits per heavy atom. The summed E-state index contributed by atoms with van der Waals surface area (Å²) in [6.45, 7) is 1.96. The zero-order valence-corrected chi connectivity index (χ0v) is 17.4. The smallest absolute Gasteiger partial charge is 0.340 e. The van der Waals surface area contributed by atoms with Crippen LogP contribution in [0.1, 0.15) is 34.8 Å². The van der Waals surface area contributed by atoms with Gasteiger partial charge >= 0.3 is 5.97 Å². The van der Waals surface area contributed by atoms with Gasteiger partial charge in [0.05, 0.1) is 18.7 Å². The minimum atomic E-state index is -0.405. The summed E-state index contributed by atoms with van der Waals surface area (Å²) in [5.74, 6) is 1.11. The second kappa shape index (κ2) is 7.98. The van der Waals surface area contributed by atoms with Gasteiger partial charge in [0.25, 0.3) is 0 Å². The van der Waals surface area contributed by atoms with Gasteiger partial charge in [0, 0.05) is 23.6 Å². The van der Waals surface area contributed by atoms with Crippen molar-refractivity contribution in [3.8, 4) is 11.5 Å². The van der Waals surface area contributed by atoms with E-state index in [0.717, 1.165) is 40.8 Å². The van der Waals surface area contributed by atoms with Crippen LogP contribution >= 0.6 is 0 Å². The van der Waals surface area contributed by atoms with E-state index in [0.29, 0.717) is 25.3 Å². The summed E-state index contributed by atoms with van der Waals surface area (Å²) in [4.78, 5) is 27.4. The number of carbonyl (C=O) groups is 2. The zero-order chi connectivity index (χ0) is 21.4. The number of methoxy groups -OCH3 is 1. The highest BCUT2D eigenvalue weighted by Gasteiger charge is 2.31. The van der Waals surface area contributed by atoms with Gasteiger partial charge in [-0.3, -0.25) is 4.79 Å². The fraction of sp³-hybridized carbons (Fsp3) is 0.333. The molecule has 31 heavy (non-hydrogen) atoms. The summed E-state index contributed by atoms with van der Waals surface area (Å²) in [6, 6.07) is 13.5. The van der Waals surface area contributed by atoms with Crippen LogP contribution in [0.25, 0.3) is 10.9 Å². The van der Waals surface area contributed by atoms with Crippen molar-refractivity contribution in [2.24, 2.45) is 0 Å². The third kappa shape index (κ3) is 3.50. The number of rotatable bonds is 4. The SMILES string of the molecule is COC(=O)c1cn(CC(=O)N2CCC[C@@H]2c2ccc3c(c2)OCCO3)c2ccccc12. The van der Waals surface area contributed by atoms with Crippen molar-refractivity contribution in [1.82, 2.24) is 9.47 Å². The molecule has 7 nitrogen and oxygen atoms in total. The quantitative estimate of drug-likeness (QED) is 0.604. The summed E-state index contributed by atoms with van der Waals surface area (Å²) in [5, 5.41) is 0.784. The number of esters is 1. The van der Waals surface area contributed by atoms with Crippen LogP contribution in [0.5, 0.6) is 11.5 Å². The maximum absolute atomic E-state index is 13.3. The van der Waals surface area contributed by atoms with E-state index in [2.05, 4.69) is 0 Å². The summed E-state index contributed by atoms with van der Waals surface area (Å²) in [6.07, 6.45) is 3.57. The number of aromatic nitrogens is 1. The molecule has 1 amide bonds. The van der Waals surface area contributed by atoms with Crippen LogP contribution in [0.15, 0.2) is 48.7 Å². The standard InChI is InChI=1S/C24H24N2O5/c1-29-24(28)18-14-25(20-6-3-2-5-17(18)20)15-23(27)26-10-4-7-19(26)16-8-9-21-22(13-16)31-12-11-30-21/h2-3,5-6,8-9,13-14,19H,4,7,10-12,15H2,1H3/t19-/m1/s1. The molecule has 1 saturated heterocycles. The first-order chi connectivity index (χ1) is 15.2. The van der Waals surface area contributed by atoms with Gasteiger partial charge in [0.1, 0.15) is 19.8 Å². The molecule has 0 aliphatic carbocycles. The van der Waals surface area contributed by atoms with Crippen LogP contribution < -0.4 is 9.47 Å². The van der Waals surface area contributed by atoms with Gasteiger partial charge in [-0.25, -0.2) is 4.79 Å². The molecule has 160 valence electrons. The minimum absolute atomic E-state index is 0.00484. The lowest BCUT2D eigenvalue weighted by Crippen LogP contribution is -2.33. The van der Waals surface area contributed by atoms with Crippen molar-refractivity contribution in [1.29, 1.82) is 0 Å². The molecule has 3 heterocycles. The van der Waals surface area contributed by atoms with Crippen LogP contribution in [0, 0.1) is 0 Å². The highest BCUT2D eigenvalue weighted by molar-refractivity contribution is 6.04. The number of amides is 1. The van der Waals surface area contributed by atoms with Gasteiger partial charge in [0.2, 0.25) is 5.91 Å². The number of nitrogens with zero attached hydrogens (tertiary/aromatic N) is 2. The predicted octanol–water partition coefficient (Wildman–Crippen LogP) is 3.56. The van der Waals surface area contributed by atoms with Crippen LogP contribution in [-0.2, 0) is 16.1 Å². The van der Waals surface area contributed by atoms with Gasteiger partial charge in [-0.1, -0.05) is 24.3 Å². The van der Waals surface area contributed by atoms with Crippen molar-refractivity contribution in [3.63, 3.8) is 0 Å². The molecule has 1 aromatic heterocycles. The Kier molecular flexibility index (Phi) is 5.02. The summed E-state index contributed by atoms with van der Waals surface area (Å²) in [5.41, 5.74) is 2.37. The average Bonchev–Trinajstić information content (AvgIpc) is 3.44. The molecule has 0 unspecified atom stereocenters. The monoisotopic (exact) mass is 420 g/mol. The first-order valence-electron chi connectivity index (χ1n) is 10.5.